The van der Waals surface area contributed by atoms with E-state index in [0.29, 0.717) is 0 Å². The standard InChI is InChI=1S/C25H26O11/c1-10-19(28)23(32)24(33)25(34-10)36-17-9-16-18(22(31)14(17)4-3-7-26)21(30)13-6-5-12(35-11(2)27)8-15(13)20(16)29/h5-6,8-10,19,23-26,28,31-33H,3-4,7H2,1-2H3/t10-,19+,23+,24+,25+/m0/s1. The Kier molecular flexibility index (Phi) is 7.12. The lowest BCUT2D eigenvalue weighted by molar-refractivity contribution is -0.268. The molecule has 1 fully saturated rings. The number of fused-ring (bicyclic) bond motifs is 2. The molecule has 1 aliphatic carbocycles. The highest BCUT2D eigenvalue weighted by atomic mass is 16.7. The minimum absolute atomic E-state index is 0.0115. The molecule has 0 aromatic heterocycles. The van der Waals surface area contributed by atoms with Crippen LogP contribution in [0, 0.1) is 0 Å². The van der Waals surface area contributed by atoms with Crippen molar-refractivity contribution in [2.45, 2.75) is 57.4 Å². The van der Waals surface area contributed by atoms with Gasteiger partial charge in [-0.2, -0.15) is 0 Å². The number of hydrogen-bond donors (Lipinski definition) is 5. The van der Waals surface area contributed by atoms with Crippen molar-refractivity contribution >= 4 is 17.5 Å². The van der Waals surface area contributed by atoms with Gasteiger partial charge in [0.1, 0.15) is 35.6 Å². The van der Waals surface area contributed by atoms with Gasteiger partial charge < -0.3 is 39.7 Å². The molecule has 11 heteroatoms. The Bertz CT molecular complexity index is 1220. The normalized spacial score (nSPS) is 25.2. The van der Waals surface area contributed by atoms with Crippen molar-refractivity contribution < 1.29 is 54.1 Å². The van der Waals surface area contributed by atoms with Gasteiger partial charge in [0, 0.05) is 35.8 Å². The number of esters is 1. The molecule has 2 aromatic rings. The third-order valence-electron chi connectivity index (χ3n) is 6.21. The van der Waals surface area contributed by atoms with Gasteiger partial charge in [-0.05, 0) is 44.0 Å². The molecule has 2 aliphatic rings. The largest absolute Gasteiger partial charge is 0.507 e. The van der Waals surface area contributed by atoms with Crippen molar-refractivity contribution in [2.75, 3.05) is 6.61 Å². The van der Waals surface area contributed by atoms with Gasteiger partial charge in [-0.15, -0.1) is 0 Å². The van der Waals surface area contributed by atoms with Crippen LogP contribution in [0.1, 0.15) is 57.7 Å². The summed E-state index contributed by atoms with van der Waals surface area (Å²) in [6.45, 7) is 2.41. The van der Waals surface area contributed by atoms with Crippen molar-refractivity contribution in [3.05, 3.63) is 52.1 Å². The van der Waals surface area contributed by atoms with Gasteiger partial charge in [0.15, 0.2) is 11.6 Å². The third-order valence-corrected chi connectivity index (χ3v) is 6.21. The maximum atomic E-state index is 13.4. The van der Waals surface area contributed by atoms with E-state index in [1.165, 1.54) is 38.1 Å². The molecule has 0 amide bonds. The van der Waals surface area contributed by atoms with Gasteiger partial charge in [0.25, 0.3) is 0 Å². The highest BCUT2D eigenvalue weighted by Crippen LogP contribution is 2.42. The molecular weight excluding hydrogens is 476 g/mol. The minimum atomic E-state index is -1.66. The summed E-state index contributed by atoms with van der Waals surface area (Å²) in [6, 6.07) is 5.17. The molecule has 0 unspecified atom stereocenters. The summed E-state index contributed by atoms with van der Waals surface area (Å²) < 4.78 is 16.2. The van der Waals surface area contributed by atoms with Crippen LogP contribution in [0.2, 0.25) is 0 Å². The fraction of sp³-hybridized carbons (Fsp3) is 0.400. The summed E-state index contributed by atoms with van der Waals surface area (Å²) in [5, 5.41) is 50.8. The van der Waals surface area contributed by atoms with E-state index in [0.717, 1.165) is 0 Å². The third kappa shape index (κ3) is 4.47. The maximum Gasteiger partial charge on any atom is 0.308 e. The van der Waals surface area contributed by atoms with Crippen LogP contribution in [0.15, 0.2) is 24.3 Å². The van der Waals surface area contributed by atoms with Crippen molar-refractivity contribution in [2.24, 2.45) is 0 Å². The zero-order valence-electron chi connectivity index (χ0n) is 19.5. The molecule has 4 rings (SSSR count). The summed E-state index contributed by atoms with van der Waals surface area (Å²) in [5.41, 5.74) is -0.375. The SMILES string of the molecule is CC(=O)Oc1ccc2c(c1)C(=O)c1cc(O[C@H]3O[C@@H](C)[C@@H](O)[C@@H](O)[C@H]3O)c(CCCO)c(O)c1C2=O. The summed E-state index contributed by atoms with van der Waals surface area (Å²) in [4.78, 5) is 38.0. The Hall–Kier alpha value is -3.35. The molecular formula is C25H26O11. The number of carbonyl (C=O) groups excluding carboxylic acids is 3. The number of phenolic OH excluding ortho intramolecular Hbond substituents is 1. The summed E-state index contributed by atoms with van der Waals surface area (Å²) in [5.74, 6) is -2.46. The van der Waals surface area contributed by atoms with Gasteiger partial charge in [-0.25, -0.2) is 0 Å². The highest BCUT2D eigenvalue weighted by molar-refractivity contribution is 6.29. The lowest BCUT2D eigenvalue weighted by Crippen LogP contribution is -2.58. The second-order valence-corrected chi connectivity index (χ2v) is 8.71. The quantitative estimate of drug-likeness (QED) is 0.230. The van der Waals surface area contributed by atoms with Crippen molar-refractivity contribution in [1.82, 2.24) is 0 Å². The molecule has 192 valence electrons. The first-order valence-corrected chi connectivity index (χ1v) is 11.3. The predicted molar refractivity (Wildman–Crippen MR) is 121 cm³/mol. The molecule has 0 saturated carbocycles. The Morgan fingerprint density at radius 1 is 1.00 bits per heavy atom. The number of phenols is 1. The Morgan fingerprint density at radius 3 is 2.39 bits per heavy atom. The van der Waals surface area contributed by atoms with Crippen LogP contribution < -0.4 is 9.47 Å². The van der Waals surface area contributed by atoms with Gasteiger partial charge in [-0.1, -0.05) is 0 Å². The molecule has 0 bridgehead atoms. The van der Waals surface area contributed by atoms with E-state index in [9.17, 15) is 39.9 Å². The lowest BCUT2D eigenvalue weighted by atomic mass is 9.81. The van der Waals surface area contributed by atoms with E-state index in [1.54, 1.807) is 0 Å². The van der Waals surface area contributed by atoms with E-state index in [1.807, 2.05) is 0 Å². The Morgan fingerprint density at radius 2 is 1.72 bits per heavy atom. The molecule has 5 atom stereocenters. The fourth-order valence-corrected chi connectivity index (χ4v) is 4.35. The number of ketones is 2. The molecule has 1 heterocycles. The monoisotopic (exact) mass is 502 g/mol. The first-order chi connectivity index (χ1) is 17.0. The number of aliphatic hydroxyl groups is 4. The molecule has 2 aromatic carbocycles. The molecule has 0 spiro atoms. The topological polar surface area (TPSA) is 180 Å². The van der Waals surface area contributed by atoms with Crippen LogP contribution in [0.3, 0.4) is 0 Å². The Labute approximate surface area is 205 Å². The van der Waals surface area contributed by atoms with Gasteiger partial charge in [0.05, 0.1) is 11.7 Å². The maximum absolute atomic E-state index is 13.4. The van der Waals surface area contributed by atoms with Gasteiger partial charge >= 0.3 is 5.97 Å². The highest BCUT2D eigenvalue weighted by Gasteiger charge is 2.44. The van der Waals surface area contributed by atoms with E-state index in [2.05, 4.69) is 0 Å². The number of ether oxygens (including phenoxy) is 3. The first kappa shape index (κ1) is 25.7. The van der Waals surface area contributed by atoms with E-state index in [4.69, 9.17) is 14.2 Å². The summed E-state index contributed by atoms with van der Waals surface area (Å²) >= 11 is 0. The molecule has 11 nitrogen and oxygen atoms in total. The first-order valence-electron chi connectivity index (χ1n) is 11.3. The smallest absolute Gasteiger partial charge is 0.308 e. The number of rotatable bonds is 6. The van der Waals surface area contributed by atoms with Gasteiger partial charge in [-0.3, -0.25) is 14.4 Å². The number of aliphatic hydroxyl groups excluding tert-OH is 4. The van der Waals surface area contributed by atoms with Crippen LogP contribution in [-0.4, -0.2) is 80.4 Å². The molecule has 5 N–H and O–H groups in total. The average molecular weight is 502 g/mol. The second kappa shape index (κ2) is 9.96. The van der Waals surface area contributed by atoms with Crippen LogP contribution in [0.25, 0.3) is 0 Å². The fourth-order valence-electron chi connectivity index (χ4n) is 4.35. The Balaban J connectivity index is 1.80. The minimum Gasteiger partial charge on any atom is -0.507 e. The van der Waals surface area contributed by atoms with Crippen LogP contribution in [-0.2, 0) is 16.0 Å². The van der Waals surface area contributed by atoms with Crippen LogP contribution in [0.4, 0.5) is 0 Å². The van der Waals surface area contributed by atoms with Gasteiger partial charge in [0.2, 0.25) is 6.29 Å². The number of benzene rings is 2. The second-order valence-electron chi connectivity index (χ2n) is 8.71. The van der Waals surface area contributed by atoms with Crippen LogP contribution >= 0.6 is 0 Å². The summed E-state index contributed by atoms with van der Waals surface area (Å²) in [7, 11) is 0. The summed E-state index contributed by atoms with van der Waals surface area (Å²) in [6.07, 6.45) is -6.76. The molecule has 1 aliphatic heterocycles. The predicted octanol–water partition coefficient (Wildman–Crippen LogP) is 0.224. The van der Waals surface area contributed by atoms with E-state index >= 15 is 0 Å². The van der Waals surface area contributed by atoms with Crippen molar-refractivity contribution in [3.8, 4) is 17.2 Å². The zero-order valence-corrected chi connectivity index (χ0v) is 19.5. The number of hydrogen-bond acceptors (Lipinski definition) is 11. The van der Waals surface area contributed by atoms with Crippen molar-refractivity contribution in [3.63, 3.8) is 0 Å². The number of carbonyl (C=O) groups is 3. The average Bonchev–Trinajstić information content (AvgIpc) is 2.83. The molecule has 1 saturated heterocycles. The molecule has 0 radical (unpaired) electrons. The lowest BCUT2D eigenvalue weighted by Gasteiger charge is -2.39. The van der Waals surface area contributed by atoms with E-state index in [-0.39, 0.29) is 58.8 Å². The van der Waals surface area contributed by atoms with Crippen molar-refractivity contribution in [1.29, 1.82) is 0 Å². The van der Waals surface area contributed by atoms with Crippen LogP contribution in [0.5, 0.6) is 17.2 Å². The zero-order chi connectivity index (χ0) is 26.3. The number of aromatic hydroxyl groups is 1. The molecule has 36 heavy (non-hydrogen) atoms. The van der Waals surface area contributed by atoms with E-state index < -0.39 is 54.0 Å².